The van der Waals surface area contributed by atoms with E-state index in [9.17, 15) is 13.2 Å². The number of rotatable bonds is 10. The highest BCUT2D eigenvalue weighted by Crippen LogP contribution is 2.28. The maximum Gasteiger partial charge on any atom is 0.251 e. The molecule has 3 aromatic rings. The van der Waals surface area contributed by atoms with E-state index in [4.69, 9.17) is 23.2 Å². The number of halogens is 2. The molecular weight excluding hydrogens is 549 g/mol. The van der Waals surface area contributed by atoms with Crippen molar-refractivity contribution in [1.29, 1.82) is 0 Å². The van der Waals surface area contributed by atoms with E-state index in [0.717, 1.165) is 16.9 Å². The van der Waals surface area contributed by atoms with Crippen molar-refractivity contribution in [2.75, 3.05) is 38.5 Å². The topological polar surface area (TPSA) is 69.7 Å². The minimum absolute atomic E-state index is 0.109. The van der Waals surface area contributed by atoms with E-state index >= 15 is 0 Å². The Labute approximate surface area is 233 Å². The van der Waals surface area contributed by atoms with Gasteiger partial charge in [-0.15, -0.1) is 0 Å². The first-order chi connectivity index (χ1) is 17.8. The summed E-state index contributed by atoms with van der Waals surface area (Å²) in [4.78, 5) is 15.1. The fraction of sp³-hybridized carbons (Fsp3) is 0.296. The standard InChI is InChI=1S/C27H29Cl2N3O3S2/c28-25-7-4-8-26(29)24(25)20-36-18-13-30-27(33)22-11-9-21(10-12-22)19-31-14-16-32(17-15-31)37(34,35)23-5-2-1-3-6-23/h1-12H,13-20H2,(H,30,33). The second kappa shape index (κ2) is 13.1. The fourth-order valence-corrected chi connectivity index (χ4v) is 7.11. The summed E-state index contributed by atoms with van der Waals surface area (Å²) in [6, 6.07) is 21.6. The van der Waals surface area contributed by atoms with Crippen LogP contribution >= 0.6 is 35.0 Å². The Morgan fingerprint density at radius 2 is 1.51 bits per heavy atom. The lowest BCUT2D eigenvalue weighted by molar-refractivity contribution is 0.0956. The van der Waals surface area contributed by atoms with Gasteiger partial charge in [0, 0.05) is 66.4 Å². The molecule has 0 atom stereocenters. The second-order valence-electron chi connectivity index (χ2n) is 8.70. The molecule has 1 N–H and O–H groups in total. The van der Waals surface area contributed by atoms with Gasteiger partial charge in [0.05, 0.1) is 4.90 Å². The average molecular weight is 579 g/mol. The Balaban J connectivity index is 1.19. The molecule has 4 rings (SSSR count). The Hall–Kier alpha value is -2.07. The Bertz CT molecular complexity index is 1280. The summed E-state index contributed by atoms with van der Waals surface area (Å²) in [7, 11) is -3.45. The van der Waals surface area contributed by atoms with Crippen LogP contribution in [0.15, 0.2) is 77.7 Å². The quantitative estimate of drug-likeness (QED) is 0.337. The molecule has 1 saturated heterocycles. The number of hydrogen-bond donors (Lipinski definition) is 1. The van der Waals surface area contributed by atoms with E-state index in [-0.39, 0.29) is 5.91 Å². The minimum Gasteiger partial charge on any atom is -0.351 e. The zero-order chi connectivity index (χ0) is 26.3. The summed E-state index contributed by atoms with van der Waals surface area (Å²) in [5.74, 6) is 1.33. The third-order valence-electron chi connectivity index (χ3n) is 6.17. The van der Waals surface area contributed by atoms with Gasteiger partial charge in [-0.25, -0.2) is 8.42 Å². The molecule has 6 nitrogen and oxygen atoms in total. The van der Waals surface area contributed by atoms with Gasteiger partial charge in [-0.3, -0.25) is 9.69 Å². The van der Waals surface area contributed by atoms with Gasteiger partial charge in [-0.05, 0) is 47.5 Å². The first kappa shape index (κ1) is 28.0. The van der Waals surface area contributed by atoms with E-state index in [0.29, 0.717) is 65.5 Å². The maximum absolute atomic E-state index is 12.8. The van der Waals surface area contributed by atoms with Crippen LogP contribution in [0.25, 0.3) is 0 Å². The first-order valence-corrected chi connectivity index (χ1v) is 15.3. The fourth-order valence-electron chi connectivity index (χ4n) is 4.07. The van der Waals surface area contributed by atoms with Crippen LogP contribution in [0.1, 0.15) is 21.5 Å². The number of benzene rings is 3. The molecule has 0 aromatic heterocycles. The van der Waals surface area contributed by atoms with Crippen LogP contribution in [0.4, 0.5) is 0 Å². The summed E-state index contributed by atoms with van der Waals surface area (Å²) >= 11 is 14.1. The molecule has 10 heteroatoms. The maximum atomic E-state index is 12.8. The van der Waals surface area contributed by atoms with Crippen molar-refractivity contribution in [1.82, 2.24) is 14.5 Å². The predicted molar refractivity (Wildman–Crippen MR) is 152 cm³/mol. The third-order valence-corrected chi connectivity index (χ3v) is 9.78. The molecule has 1 aliphatic rings. The molecular formula is C27H29Cl2N3O3S2. The van der Waals surface area contributed by atoms with E-state index in [1.807, 2.05) is 48.5 Å². The molecule has 37 heavy (non-hydrogen) atoms. The smallest absolute Gasteiger partial charge is 0.251 e. The van der Waals surface area contributed by atoms with Gasteiger partial charge in [0.25, 0.3) is 5.91 Å². The van der Waals surface area contributed by atoms with Gasteiger partial charge in [-0.1, -0.05) is 59.6 Å². The molecule has 3 aromatic carbocycles. The molecule has 1 heterocycles. The van der Waals surface area contributed by atoms with E-state index in [1.165, 1.54) is 0 Å². The van der Waals surface area contributed by atoms with Crippen LogP contribution in [0.3, 0.4) is 0 Å². The molecule has 0 aliphatic carbocycles. The van der Waals surface area contributed by atoms with Crippen LogP contribution in [0.2, 0.25) is 10.0 Å². The predicted octanol–water partition coefficient (Wildman–Crippen LogP) is 5.16. The highest BCUT2D eigenvalue weighted by atomic mass is 35.5. The van der Waals surface area contributed by atoms with Crippen molar-refractivity contribution in [2.45, 2.75) is 17.2 Å². The number of thioether (sulfide) groups is 1. The number of sulfonamides is 1. The first-order valence-electron chi connectivity index (χ1n) is 12.0. The molecule has 0 bridgehead atoms. The number of carbonyl (C=O) groups excluding carboxylic acids is 1. The van der Waals surface area contributed by atoms with Crippen LogP contribution in [0.5, 0.6) is 0 Å². The number of amides is 1. The second-order valence-corrected chi connectivity index (χ2v) is 12.6. The Morgan fingerprint density at radius 1 is 0.865 bits per heavy atom. The highest BCUT2D eigenvalue weighted by Gasteiger charge is 2.28. The largest absolute Gasteiger partial charge is 0.351 e. The molecule has 0 spiro atoms. The summed E-state index contributed by atoms with van der Waals surface area (Å²) in [5, 5.41) is 4.26. The number of hydrogen-bond acceptors (Lipinski definition) is 5. The summed E-state index contributed by atoms with van der Waals surface area (Å²) < 4.78 is 27.2. The average Bonchev–Trinajstić information content (AvgIpc) is 2.91. The number of nitrogens with zero attached hydrogens (tertiary/aromatic N) is 2. The molecule has 196 valence electrons. The third kappa shape index (κ3) is 7.50. The van der Waals surface area contributed by atoms with Crippen molar-refractivity contribution in [3.8, 4) is 0 Å². The summed E-state index contributed by atoms with van der Waals surface area (Å²) in [6.45, 7) is 3.49. The minimum atomic E-state index is -3.45. The lowest BCUT2D eigenvalue weighted by Gasteiger charge is -2.34. The molecule has 1 amide bonds. The lowest BCUT2D eigenvalue weighted by atomic mass is 10.1. The molecule has 0 saturated carbocycles. The number of carbonyl (C=O) groups is 1. The van der Waals surface area contributed by atoms with Crippen LogP contribution in [-0.4, -0.2) is 62.0 Å². The highest BCUT2D eigenvalue weighted by molar-refractivity contribution is 7.98. The number of piperazine rings is 1. The SMILES string of the molecule is O=C(NCCSCc1c(Cl)cccc1Cl)c1ccc(CN2CCN(S(=O)(=O)c3ccccc3)CC2)cc1. The van der Waals surface area contributed by atoms with Crippen molar-refractivity contribution in [3.05, 3.63) is 99.5 Å². The van der Waals surface area contributed by atoms with Crippen molar-refractivity contribution < 1.29 is 13.2 Å². The lowest BCUT2D eigenvalue weighted by Crippen LogP contribution is -2.48. The van der Waals surface area contributed by atoms with Gasteiger partial charge in [0.15, 0.2) is 0 Å². The summed E-state index contributed by atoms with van der Waals surface area (Å²) in [5.41, 5.74) is 2.61. The zero-order valence-corrected chi connectivity index (χ0v) is 23.4. The summed E-state index contributed by atoms with van der Waals surface area (Å²) in [6.07, 6.45) is 0. The van der Waals surface area contributed by atoms with Gasteiger partial charge in [0.1, 0.15) is 0 Å². The van der Waals surface area contributed by atoms with Crippen molar-refractivity contribution in [3.63, 3.8) is 0 Å². The van der Waals surface area contributed by atoms with Gasteiger partial charge >= 0.3 is 0 Å². The number of nitrogens with one attached hydrogen (secondary N) is 1. The van der Waals surface area contributed by atoms with Gasteiger partial charge in [0.2, 0.25) is 10.0 Å². The van der Waals surface area contributed by atoms with E-state index in [2.05, 4.69) is 10.2 Å². The van der Waals surface area contributed by atoms with Crippen molar-refractivity contribution in [2.24, 2.45) is 0 Å². The molecule has 0 unspecified atom stereocenters. The molecule has 0 radical (unpaired) electrons. The monoisotopic (exact) mass is 577 g/mol. The Kier molecular flexibility index (Phi) is 9.92. The van der Waals surface area contributed by atoms with Crippen LogP contribution in [-0.2, 0) is 22.3 Å². The van der Waals surface area contributed by atoms with Crippen LogP contribution in [0, 0.1) is 0 Å². The molecule has 1 fully saturated rings. The van der Waals surface area contributed by atoms with Crippen LogP contribution < -0.4 is 5.32 Å². The zero-order valence-electron chi connectivity index (χ0n) is 20.3. The van der Waals surface area contributed by atoms with Gasteiger partial charge in [-0.2, -0.15) is 16.1 Å². The van der Waals surface area contributed by atoms with Crippen molar-refractivity contribution >= 4 is 50.9 Å². The molecule has 1 aliphatic heterocycles. The van der Waals surface area contributed by atoms with E-state index < -0.39 is 10.0 Å². The normalized spacial score (nSPS) is 15.0. The Morgan fingerprint density at radius 3 is 2.16 bits per heavy atom. The van der Waals surface area contributed by atoms with Gasteiger partial charge < -0.3 is 5.32 Å². The van der Waals surface area contributed by atoms with E-state index in [1.54, 1.807) is 40.3 Å².